The van der Waals surface area contributed by atoms with Crippen LogP contribution in [0.3, 0.4) is 0 Å². The second kappa shape index (κ2) is 11.0. The van der Waals surface area contributed by atoms with E-state index in [2.05, 4.69) is 191 Å². The number of hydrogen-bond donors (Lipinski definition) is 0. The van der Waals surface area contributed by atoms with Gasteiger partial charge < -0.3 is 9.13 Å². The number of para-hydroxylation sites is 2. The van der Waals surface area contributed by atoms with Gasteiger partial charge in [-0.05, 0) is 76.9 Å². The van der Waals surface area contributed by atoms with Crippen LogP contribution in [0.1, 0.15) is 0 Å². The highest BCUT2D eigenvalue weighted by molar-refractivity contribution is 7.26. The Bertz CT molecular complexity index is 3110. The van der Waals surface area contributed by atoms with Crippen molar-refractivity contribution in [3.8, 4) is 33.6 Å². The van der Waals surface area contributed by atoms with Crippen LogP contribution in [0.25, 0.3) is 97.4 Å². The lowest BCUT2D eigenvalue weighted by Crippen LogP contribution is -1.95. The summed E-state index contributed by atoms with van der Waals surface area (Å²) in [6.07, 6.45) is 0. The molecule has 0 amide bonds. The third-order valence-electron chi connectivity index (χ3n) is 10.5. The fourth-order valence-corrected chi connectivity index (χ4v) is 9.43. The Morgan fingerprint density at radius 2 is 0.882 bits per heavy atom. The Kier molecular flexibility index (Phi) is 6.16. The first-order chi connectivity index (χ1) is 25.3. The first-order valence-corrected chi connectivity index (χ1v) is 18.3. The molecule has 0 aliphatic heterocycles. The largest absolute Gasteiger partial charge is 0.309 e. The minimum atomic E-state index is 1.16. The zero-order valence-corrected chi connectivity index (χ0v) is 28.4. The second-order valence-electron chi connectivity index (χ2n) is 13.3. The number of benzene rings is 8. The van der Waals surface area contributed by atoms with Crippen LogP contribution in [0, 0.1) is 0 Å². The molecule has 0 saturated carbocycles. The van der Waals surface area contributed by atoms with E-state index in [4.69, 9.17) is 0 Å². The zero-order valence-electron chi connectivity index (χ0n) is 27.6. The van der Waals surface area contributed by atoms with Gasteiger partial charge in [0, 0.05) is 53.1 Å². The van der Waals surface area contributed by atoms with Crippen molar-refractivity contribution in [2.75, 3.05) is 0 Å². The molecule has 238 valence electrons. The summed E-state index contributed by atoms with van der Waals surface area (Å²) in [4.78, 5) is 0. The maximum atomic E-state index is 2.44. The molecule has 0 saturated heterocycles. The van der Waals surface area contributed by atoms with Crippen LogP contribution in [0.4, 0.5) is 0 Å². The van der Waals surface area contributed by atoms with Crippen molar-refractivity contribution in [1.29, 1.82) is 0 Å². The molecular formula is C48H30N2S. The lowest BCUT2D eigenvalue weighted by atomic mass is 10.0. The first-order valence-electron chi connectivity index (χ1n) is 17.4. The van der Waals surface area contributed by atoms with Crippen LogP contribution < -0.4 is 0 Å². The lowest BCUT2D eigenvalue weighted by molar-refractivity contribution is 1.17. The number of fused-ring (bicyclic) bond motifs is 9. The van der Waals surface area contributed by atoms with Gasteiger partial charge in [-0.3, -0.25) is 0 Å². The molecule has 3 heteroatoms. The monoisotopic (exact) mass is 666 g/mol. The summed E-state index contributed by atoms with van der Waals surface area (Å²) >= 11 is 1.88. The highest BCUT2D eigenvalue weighted by atomic mass is 32.1. The molecular weight excluding hydrogens is 637 g/mol. The summed E-state index contributed by atoms with van der Waals surface area (Å²) in [5, 5.41) is 7.66. The highest BCUT2D eigenvalue weighted by Crippen LogP contribution is 2.42. The molecule has 0 aliphatic carbocycles. The summed E-state index contributed by atoms with van der Waals surface area (Å²) in [5.41, 5.74) is 12.1. The second-order valence-corrected chi connectivity index (χ2v) is 14.4. The van der Waals surface area contributed by atoms with Gasteiger partial charge in [0.2, 0.25) is 0 Å². The van der Waals surface area contributed by atoms with Crippen LogP contribution in [-0.4, -0.2) is 9.13 Å². The van der Waals surface area contributed by atoms with E-state index in [1.54, 1.807) is 0 Å². The number of rotatable bonds is 4. The van der Waals surface area contributed by atoms with Crippen molar-refractivity contribution in [2.24, 2.45) is 0 Å². The minimum Gasteiger partial charge on any atom is -0.309 e. The molecule has 51 heavy (non-hydrogen) atoms. The molecule has 3 heterocycles. The van der Waals surface area contributed by atoms with Crippen molar-refractivity contribution in [1.82, 2.24) is 9.13 Å². The smallest absolute Gasteiger partial charge is 0.0548 e. The van der Waals surface area contributed by atoms with Gasteiger partial charge in [-0.25, -0.2) is 0 Å². The van der Waals surface area contributed by atoms with Gasteiger partial charge in [-0.2, -0.15) is 0 Å². The molecule has 0 fully saturated rings. The molecule has 0 radical (unpaired) electrons. The Hall–Kier alpha value is -6.42. The summed E-state index contributed by atoms with van der Waals surface area (Å²) in [6, 6.07) is 66.6. The first kappa shape index (κ1) is 28.4. The molecule has 0 unspecified atom stereocenters. The fourth-order valence-electron chi connectivity index (χ4n) is 8.19. The Morgan fingerprint density at radius 1 is 0.314 bits per heavy atom. The van der Waals surface area contributed by atoms with Gasteiger partial charge in [0.15, 0.2) is 0 Å². The average Bonchev–Trinajstić information content (AvgIpc) is 3.85. The molecule has 0 N–H and O–H groups in total. The standard InChI is InChI=1S/C48H30N2S/c1-3-12-31(13-4-1)33-24-27-38-42-30-45-41(29-46(42)50(44(38)28-33)34-14-5-2-6-15-34)37-16-7-9-20-43(37)49(45)35-25-22-32(23-26-35)36-18-11-19-40-39-17-8-10-21-47(39)51-48(36)40/h1-30H. The predicted octanol–water partition coefficient (Wildman–Crippen LogP) is 13.6. The van der Waals surface area contributed by atoms with Crippen molar-refractivity contribution in [3.05, 3.63) is 182 Å². The Morgan fingerprint density at radius 3 is 1.67 bits per heavy atom. The number of hydrogen-bond acceptors (Lipinski definition) is 1. The van der Waals surface area contributed by atoms with Crippen LogP contribution in [0.15, 0.2) is 182 Å². The van der Waals surface area contributed by atoms with Gasteiger partial charge >= 0.3 is 0 Å². The maximum absolute atomic E-state index is 2.44. The van der Waals surface area contributed by atoms with E-state index in [0.717, 1.165) is 11.4 Å². The fraction of sp³-hybridized carbons (Fsp3) is 0. The van der Waals surface area contributed by atoms with E-state index in [-0.39, 0.29) is 0 Å². The van der Waals surface area contributed by atoms with E-state index in [1.165, 1.54) is 86.0 Å². The van der Waals surface area contributed by atoms with Gasteiger partial charge in [-0.1, -0.05) is 127 Å². The number of thiophene rings is 1. The summed E-state index contributed by atoms with van der Waals surface area (Å²) < 4.78 is 7.55. The molecule has 2 nitrogen and oxygen atoms in total. The lowest BCUT2D eigenvalue weighted by Gasteiger charge is -2.11. The molecule has 0 aliphatic rings. The van der Waals surface area contributed by atoms with Gasteiger partial charge in [-0.15, -0.1) is 11.3 Å². The molecule has 11 rings (SSSR count). The van der Waals surface area contributed by atoms with Crippen LogP contribution >= 0.6 is 11.3 Å². The Labute approximate surface area is 298 Å². The summed E-state index contributed by atoms with van der Waals surface area (Å²) in [6.45, 7) is 0. The molecule has 0 atom stereocenters. The van der Waals surface area contributed by atoms with Gasteiger partial charge in [0.1, 0.15) is 0 Å². The highest BCUT2D eigenvalue weighted by Gasteiger charge is 2.19. The summed E-state index contributed by atoms with van der Waals surface area (Å²) in [7, 11) is 0. The van der Waals surface area contributed by atoms with E-state index >= 15 is 0 Å². The average molecular weight is 667 g/mol. The minimum absolute atomic E-state index is 1.16. The van der Waals surface area contributed by atoms with Gasteiger partial charge in [0.05, 0.1) is 22.1 Å². The Balaban J connectivity index is 1.14. The third-order valence-corrected chi connectivity index (χ3v) is 11.7. The van der Waals surface area contributed by atoms with E-state index in [1.807, 2.05) is 11.3 Å². The van der Waals surface area contributed by atoms with E-state index in [9.17, 15) is 0 Å². The van der Waals surface area contributed by atoms with Crippen molar-refractivity contribution in [2.45, 2.75) is 0 Å². The molecule has 8 aromatic carbocycles. The number of aromatic nitrogens is 2. The zero-order chi connectivity index (χ0) is 33.5. The quantitative estimate of drug-likeness (QED) is 0.177. The van der Waals surface area contributed by atoms with Crippen molar-refractivity contribution >= 4 is 75.1 Å². The van der Waals surface area contributed by atoms with E-state index < -0.39 is 0 Å². The molecule has 0 bridgehead atoms. The molecule has 11 aromatic rings. The van der Waals surface area contributed by atoms with E-state index in [0.29, 0.717) is 0 Å². The van der Waals surface area contributed by atoms with Crippen molar-refractivity contribution < 1.29 is 0 Å². The SMILES string of the molecule is c1ccc(-c2ccc3c4cc5c(cc4n(-c4ccccc4)c3c2)c2ccccc2n5-c2ccc(-c3cccc4c3sc3ccccc34)cc2)cc1. The maximum Gasteiger partial charge on any atom is 0.0548 e. The van der Waals surface area contributed by atoms with Crippen molar-refractivity contribution in [3.63, 3.8) is 0 Å². The predicted molar refractivity (Wildman–Crippen MR) is 219 cm³/mol. The number of nitrogens with zero attached hydrogens (tertiary/aromatic N) is 2. The topological polar surface area (TPSA) is 9.86 Å². The third kappa shape index (κ3) is 4.29. The molecule has 3 aromatic heterocycles. The van der Waals surface area contributed by atoms with Crippen LogP contribution in [0.2, 0.25) is 0 Å². The normalized spacial score (nSPS) is 11.9. The van der Waals surface area contributed by atoms with Crippen LogP contribution in [0.5, 0.6) is 0 Å². The van der Waals surface area contributed by atoms with Crippen LogP contribution in [-0.2, 0) is 0 Å². The van der Waals surface area contributed by atoms with Gasteiger partial charge in [0.25, 0.3) is 0 Å². The molecule has 0 spiro atoms. The summed E-state index contributed by atoms with van der Waals surface area (Å²) in [5.74, 6) is 0.